The quantitative estimate of drug-likeness (QED) is 0.923. The lowest BCUT2D eigenvalue weighted by atomic mass is 9.75. The fourth-order valence-corrected chi connectivity index (χ4v) is 4.82. The number of anilines is 1. The van der Waals surface area contributed by atoms with Gasteiger partial charge in [-0.15, -0.1) is 0 Å². The van der Waals surface area contributed by atoms with E-state index in [0.717, 1.165) is 37.5 Å². The van der Waals surface area contributed by atoms with E-state index in [-0.39, 0.29) is 6.10 Å². The van der Waals surface area contributed by atoms with Gasteiger partial charge in [0.2, 0.25) is 5.95 Å². The lowest BCUT2D eigenvalue weighted by molar-refractivity contribution is 0.00470. The number of hydrogen-bond donors (Lipinski definition) is 1. The Labute approximate surface area is 136 Å². The van der Waals surface area contributed by atoms with E-state index in [4.69, 9.17) is 4.74 Å². The molecule has 1 aromatic heterocycles. The summed E-state index contributed by atoms with van der Waals surface area (Å²) in [6, 6.07) is 1.43. The van der Waals surface area contributed by atoms with Crippen LogP contribution in [-0.4, -0.2) is 48.4 Å². The number of rotatable bonds is 3. The molecule has 0 spiro atoms. The van der Waals surface area contributed by atoms with Crippen molar-refractivity contribution >= 4 is 5.95 Å². The zero-order valence-electron chi connectivity index (χ0n) is 13.6. The number of nitrogens with zero attached hydrogens (tertiary/aromatic N) is 3. The molecule has 0 amide bonds. The second kappa shape index (κ2) is 6.32. The first-order valence-corrected chi connectivity index (χ1v) is 8.74. The van der Waals surface area contributed by atoms with E-state index in [0.29, 0.717) is 11.9 Å². The molecule has 2 unspecified atom stereocenters. The molecular formula is C17H25FN4O. The average molecular weight is 320 g/mol. The Bertz CT molecular complexity index is 528. The molecule has 0 aromatic carbocycles. The van der Waals surface area contributed by atoms with E-state index in [9.17, 15) is 4.39 Å². The molecule has 3 aliphatic heterocycles. The fraction of sp³-hybridized carbons (Fsp3) is 0.765. The van der Waals surface area contributed by atoms with Crippen LogP contribution in [0.4, 0.5) is 10.3 Å². The van der Waals surface area contributed by atoms with Crippen molar-refractivity contribution in [2.45, 2.75) is 50.3 Å². The van der Waals surface area contributed by atoms with Crippen LogP contribution in [0.5, 0.6) is 0 Å². The Hall–Kier alpha value is -1.27. The van der Waals surface area contributed by atoms with Crippen LogP contribution in [0.25, 0.3) is 0 Å². The van der Waals surface area contributed by atoms with Crippen LogP contribution in [0, 0.1) is 17.7 Å². The van der Waals surface area contributed by atoms with E-state index in [1.165, 1.54) is 38.1 Å². The summed E-state index contributed by atoms with van der Waals surface area (Å²) in [5, 5.41) is 3.73. The minimum Gasteiger partial charge on any atom is -0.379 e. The Morgan fingerprint density at radius 3 is 2.52 bits per heavy atom. The topological polar surface area (TPSA) is 50.3 Å². The van der Waals surface area contributed by atoms with Crippen LogP contribution in [0.3, 0.4) is 0 Å². The van der Waals surface area contributed by atoms with Gasteiger partial charge in [0.05, 0.1) is 18.5 Å². The molecule has 4 rings (SSSR count). The zero-order chi connectivity index (χ0) is 15.8. The van der Waals surface area contributed by atoms with Crippen LogP contribution in [0.2, 0.25) is 0 Å². The predicted molar refractivity (Wildman–Crippen MR) is 85.8 cm³/mol. The van der Waals surface area contributed by atoms with Crippen molar-refractivity contribution in [3.63, 3.8) is 0 Å². The third kappa shape index (κ3) is 3.06. The number of methoxy groups -OCH3 is 1. The number of piperidine rings is 2. The van der Waals surface area contributed by atoms with Gasteiger partial charge in [-0.1, -0.05) is 0 Å². The van der Waals surface area contributed by atoms with Crippen LogP contribution >= 0.6 is 0 Å². The summed E-state index contributed by atoms with van der Waals surface area (Å²) in [7, 11) is 1.81. The minimum absolute atomic E-state index is 0.208. The number of fused-ring (bicyclic) bond motifs is 2. The van der Waals surface area contributed by atoms with Gasteiger partial charge in [0.25, 0.3) is 0 Å². The van der Waals surface area contributed by atoms with Crippen molar-refractivity contribution in [1.82, 2.24) is 15.3 Å². The third-order valence-electron chi connectivity index (χ3n) is 5.92. The zero-order valence-corrected chi connectivity index (χ0v) is 13.6. The Balaban J connectivity index is 1.44. The molecule has 4 atom stereocenters. The maximum absolute atomic E-state index is 13.0. The first kappa shape index (κ1) is 15.3. The summed E-state index contributed by atoms with van der Waals surface area (Å²) in [5.74, 6) is 1.59. The van der Waals surface area contributed by atoms with E-state index in [2.05, 4.69) is 20.2 Å². The molecule has 5 nitrogen and oxygen atoms in total. The molecule has 0 saturated carbocycles. The highest BCUT2D eigenvalue weighted by Gasteiger charge is 2.41. The standard InChI is InChI=1S/C17H25FN4O/c1-23-16-10-22(17-19-8-12(18)9-20-17)5-4-15(16)11-6-13-2-3-14(7-11)21-13/h8-9,11,13-16,21H,2-7,10H2,1H3/t11?,13?,14?,15-,16-/m1/s1. The molecule has 4 heterocycles. The normalized spacial score (nSPS) is 37.1. The highest BCUT2D eigenvalue weighted by Crippen LogP contribution is 2.40. The lowest BCUT2D eigenvalue weighted by Gasteiger charge is -2.43. The molecule has 1 aromatic rings. The maximum Gasteiger partial charge on any atom is 0.225 e. The van der Waals surface area contributed by atoms with Crippen molar-refractivity contribution in [2.24, 2.45) is 11.8 Å². The number of aromatic nitrogens is 2. The summed E-state index contributed by atoms with van der Waals surface area (Å²) in [4.78, 5) is 10.4. The van der Waals surface area contributed by atoms with Crippen molar-refractivity contribution < 1.29 is 9.13 Å². The van der Waals surface area contributed by atoms with Gasteiger partial charge in [0, 0.05) is 32.3 Å². The number of ether oxygens (including phenoxy) is 1. The first-order valence-electron chi connectivity index (χ1n) is 8.74. The Morgan fingerprint density at radius 2 is 1.87 bits per heavy atom. The van der Waals surface area contributed by atoms with E-state index in [1.807, 2.05) is 7.11 Å². The van der Waals surface area contributed by atoms with Crippen LogP contribution in [-0.2, 0) is 4.74 Å². The lowest BCUT2D eigenvalue weighted by Crippen LogP contribution is -2.50. The highest BCUT2D eigenvalue weighted by molar-refractivity contribution is 5.30. The van der Waals surface area contributed by atoms with Crippen molar-refractivity contribution in [1.29, 1.82) is 0 Å². The van der Waals surface area contributed by atoms with E-state index >= 15 is 0 Å². The van der Waals surface area contributed by atoms with E-state index in [1.54, 1.807) is 0 Å². The summed E-state index contributed by atoms with van der Waals surface area (Å²) >= 11 is 0. The SMILES string of the molecule is CO[C@@H]1CN(c2ncc(F)cn2)CC[C@@H]1C1CC2CCC(C1)N2. The monoisotopic (exact) mass is 320 g/mol. The molecule has 23 heavy (non-hydrogen) atoms. The molecule has 3 saturated heterocycles. The average Bonchev–Trinajstić information content (AvgIpc) is 2.93. The fourth-order valence-electron chi connectivity index (χ4n) is 4.82. The van der Waals surface area contributed by atoms with Gasteiger partial charge in [-0.2, -0.15) is 0 Å². The minimum atomic E-state index is -0.392. The maximum atomic E-state index is 13.0. The second-order valence-electron chi connectivity index (χ2n) is 7.24. The Kier molecular flexibility index (Phi) is 4.20. The summed E-state index contributed by atoms with van der Waals surface area (Å²) in [6.45, 7) is 1.72. The number of hydrogen-bond acceptors (Lipinski definition) is 5. The van der Waals surface area contributed by atoms with Gasteiger partial charge in [-0.25, -0.2) is 14.4 Å². The van der Waals surface area contributed by atoms with Crippen molar-refractivity contribution in [3.8, 4) is 0 Å². The van der Waals surface area contributed by atoms with Gasteiger partial charge in [-0.05, 0) is 43.9 Å². The van der Waals surface area contributed by atoms with Gasteiger partial charge in [-0.3, -0.25) is 0 Å². The molecule has 0 aliphatic carbocycles. The Morgan fingerprint density at radius 1 is 1.17 bits per heavy atom. The van der Waals surface area contributed by atoms with Crippen LogP contribution in [0.15, 0.2) is 12.4 Å². The molecule has 3 aliphatic rings. The summed E-state index contributed by atoms with van der Waals surface area (Å²) < 4.78 is 18.8. The smallest absolute Gasteiger partial charge is 0.225 e. The summed E-state index contributed by atoms with van der Waals surface area (Å²) in [5.41, 5.74) is 0. The molecule has 3 fully saturated rings. The van der Waals surface area contributed by atoms with Gasteiger partial charge in [0.15, 0.2) is 5.82 Å². The number of nitrogens with one attached hydrogen (secondary N) is 1. The molecular weight excluding hydrogens is 295 g/mol. The van der Waals surface area contributed by atoms with Gasteiger partial charge < -0.3 is 15.0 Å². The molecule has 1 N–H and O–H groups in total. The van der Waals surface area contributed by atoms with Crippen molar-refractivity contribution in [2.75, 3.05) is 25.1 Å². The van der Waals surface area contributed by atoms with Crippen molar-refractivity contribution in [3.05, 3.63) is 18.2 Å². The molecule has 2 bridgehead atoms. The predicted octanol–water partition coefficient (Wildman–Crippen LogP) is 1.99. The van der Waals surface area contributed by atoms with Gasteiger partial charge in [0.1, 0.15) is 0 Å². The first-order chi connectivity index (χ1) is 11.2. The van der Waals surface area contributed by atoms with Gasteiger partial charge >= 0.3 is 0 Å². The largest absolute Gasteiger partial charge is 0.379 e. The highest BCUT2D eigenvalue weighted by atomic mass is 19.1. The van der Waals surface area contributed by atoms with E-state index < -0.39 is 5.82 Å². The van der Waals surface area contributed by atoms with Crippen LogP contribution < -0.4 is 10.2 Å². The second-order valence-corrected chi connectivity index (χ2v) is 7.24. The summed E-state index contributed by atoms with van der Waals surface area (Å²) in [6.07, 6.45) is 9.02. The third-order valence-corrected chi connectivity index (χ3v) is 5.92. The number of halogens is 1. The van der Waals surface area contributed by atoms with Crippen LogP contribution in [0.1, 0.15) is 32.1 Å². The molecule has 126 valence electrons. The molecule has 6 heteroatoms. The molecule has 0 radical (unpaired) electrons.